The average Bonchev–Trinajstić information content (AvgIpc) is 3.16. The predicted octanol–water partition coefficient (Wildman–Crippen LogP) is 2.96. The van der Waals surface area contributed by atoms with Crippen LogP contribution in [0.25, 0.3) is 10.3 Å². The van der Waals surface area contributed by atoms with E-state index in [9.17, 15) is 4.79 Å². The fraction of sp³-hybridized carbons (Fsp3) is 0.350. The minimum absolute atomic E-state index is 0.0244. The van der Waals surface area contributed by atoms with Gasteiger partial charge in [-0.3, -0.25) is 4.79 Å². The lowest BCUT2D eigenvalue weighted by atomic mass is 10.1. The van der Waals surface area contributed by atoms with E-state index in [0.717, 1.165) is 28.9 Å². The molecule has 10 heteroatoms. The van der Waals surface area contributed by atoms with E-state index in [1.54, 1.807) is 13.3 Å². The number of hydrogen-bond donors (Lipinski definition) is 2. The largest absolute Gasteiger partial charge is 0.378 e. The lowest BCUT2D eigenvalue weighted by Gasteiger charge is -2.31. The van der Waals surface area contributed by atoms with Gasteiger partial charge in [-0.2, -0.15) is 4.98 Å². The molecule has 2 N–H and O–H groups in total. The highest BCUT2D eigenvalue weighted by Gasteiger charge is 2.22. The number of pyridine rings is 1. The number of fused-ring (bicyclic) bond motifs is 1. The van der Waals surface area contributed by atoms with Gasteiger partial charge < -0.3 is 20.3 Å². The number of nitrogens with one attached hydrogen (secondary N) is 2. The molecule has 1 amide bonds. The molecule has 3 aromatic heterocycles. The van der Waals surface area contributed by atoms with E-state index in [1.165, 1.54) is 17.4 Å². The van der Waals surface area contributed by atoms with E-state index in [4.69, 9.17) is 4.74 Å². The van der Waals surface area contributed by atoms with E-state index in [1.807, 2.05) is 23.1 Å². The highest BCUT2D eigenvalue weighted by atomic mass is 32.1. The zero-order valence-electron chi connectivity index (χ0n) is 16.7. The Kier molecular flexibility index (Phi) is 6.15. The van der Waals surface area contributed by atoms with Gasteiger partial charge in [0.15, 0.2) is 5.13 Å². The van der Waals surface area contributed by atoms with Crippen molar-refractivity contribution in [2.75, 3.05) is 30.8 Å². The summed E-state index contributed by atoms with van der Waals surface area (Å²) in [5, 5.41) is 7.37. The molecule has 0 bridgehead atoms. The first-order chi connectivity index (χ1) is 14.6. The van der Waals surface area contributed by atoms with Crippen molar-refractivity contribution in [2.45, 2.75) is 25.5 Å². The number of ether oxygens (including phenoxy) is 1. The smallest absolute Gasteiger partial charge is 0.245 e. The van der Waals surface area contributed by atoms with Gasteiger partial charge >= 0.3 is 0 Å². The van der Waals surface area contributed by atoms with Gasteiger partial charge in [0.2, 0.25) is 11.9 Å². The maximum Gasteiger partial charge on any atom is 0.245 e. The third kappa shape index (κ3) is 4.71. The van der Waals surface area contributed by atoms with Crippen LogP contribution in [-0.4, -0.2) is 57.0 Å². The van der Waals surface area contributed by atoms with Crippen LogP contribution in [0.5, 0.6) is 0 Å². The lowest BCUT2D eigenvalue weighted by Crippen LogP contribution is -2.41. The second-order valence-electron chi connectivity index (χ2n) is 6.92. The van der Waals surface area contributed by atoms with Gasteiger partial charge in [-0.05, 0) is 31.1 Å². The van der Waals surface area contributed by atoms with Crippen LogP contribution in [0, 0.1) is 0 Å². The number of piperidine rings is 1. The van der Waals surface area contributed by atoms with Crippen LogP contribution >= 0.6 is 11.3 Å². The Morgan fingerprint density at radius 2 is 2.20 bits per heavy atom. The first-order valence-electron chi connectivity index (χ1n) is 9.68. The van der Waals surface area contributed by atoms with E-state index >= 15 is 0 Å². The molecule has 0 atom stereocenters. The number of rotatable bonds is 7. The molecule has 0 radical (unpaired) electrons. The summed E-state index contributed by atoms with van der Waals surface area (Å²) in [6.45, 7) is 5.30. The number of aromatic nitrogens is 4. The number of amides is 1. The fourth-order valence-corrected chi connectivity index (χ4v) is 4.15. The molecule has 1 aliphatic heterocycles. The van der Waals surface area contributed by atoms with Crippen molar-refractivity contribution in [3.63, 3.8) is 0 Å². The van der Waals surface area contributed by atoms with Gasteiger partial charge in [0, 0.05) is 38.5 Å². The summed E-state index contributed by atoms with van der Waals surface area (Å²) in [5.41, 5.74) is 1.60. The first kappa shape index (κ1) is 20.2. The topological polar surface area (TPSA) is 105 Å². The molecule has 4 rings (SSSR count). The van der Waals surface area contributed by atoms with Crippen molar-refractivity contribution in [3.8, 4) is 0 Å². The number of methoxy groups -OCH3 is 1. The highest BCUT2D eigenvalue weighted by molar-refractivity contribution is 7.21. The second kappa shape index (κ2) is 9.14. The van der Waals surface area contributed by atoms with Crippen LogP contribution in [0.2, 0.25) is 0 Å². The van der Waals surface area contributed by atoms with Gasteiger partial charge in [-0.15, -0.1) is 0 Å². The van der Waals surface area contributed by atoms with Crippen LogP contribution in [-0.2, 0) is 16.1 Å². The number of thiazole rings is 1. The molecular weight excluding hydrogens is 402 g/mol. The Hall–Kier alpha value is -3.11. The highest BCUT2D eigenvalue weighted by Crippen LogP contribution is 2.27. The Labute approximate surface area is 178 Å². The van der Waals surface area contributed by atoms with Crippen molar-refractivity contribution < 1.29 is 9.53 Å². The average molecular weight is 426 g/mol. The number of carbonyl (C=O) groups is 1. The minimum atomic E-state index is -0.0244. The quantitative estimate of drug-likeness (QED) is 0.557. The first-order valence-corrected chi connectivity index (χ1v) is 10.5. The molecule has 156 valence electrons. The minimum Gasteiger partial charge on any atom is -0.378 e. The van der Waals surface area contributed by atoms with Gasteiger partial charge in [-0.25, -0.2) is 15.0 Å². The molecule has 30 heavy (non-hydrogen) atoms. The monoisotopic (exact) mass is 425 g/mol. The molecule has 3 aromatic rings. The third-order valence-corrected chi connectivity index (χ3v) is 5.68. The zero-order valence-corrected chi connectivity index (χ0v) is 17.5. The maximum atomic E-state index is 11.8. The predicted molar refractivity (Wildman–Crippen MR) is 117 cm³/mol. The molecule has 1 saturated heterocycles. The van der Waals surface area contributed by atoms with Crippen molar-refractivity contribution >= 4 is 44.5 Å². The van der Waals surface area contributed by atoms with E-state index in [0.29, 0.717) is 36.6 Å². The van der Waals surface area contributed by atoms with Crippen LogP contribution in [0.3, 0.4) is 0 Å². The van der Waals surface area contributed by atoms with Crippen molar-refractivity contribution in [1.82, 2.24) is 24.8 Å². The number of hydrogen-bond acceptors (Lipinski definition) is 9. The Morgan fingerprint density at radius 3 is 2.93 bits per heavy atom. The summed E-state index contributed by atoms with van der Waals surface area (Å²) in [7, 11) is 1.63. The molecular formula is C20H23N7O2S. The summed E-state index contributed by atoms with van der Waals surface area (Å²) in [4.78, 5) is 32.5. The molecule has 0 aromatic carbocycles. The van der Waals surface area contributed by atoms with Gasteiger partial charge in [0.1, 0.15) is 16.2 Å². The molecule has 0 aliphatic carbocycles. The van der Waals surface area contributed by atoms with Gasteiger partial charge in [0.25, 0.3) is 0 Å². The standard InChI is InChI=1S/C20H23N7O2S/c1-3-17(28)27-9-6-13(7-10-27)22-19-23-14(12-29-2)11-16(25-19)26-20-24-15-5-4-8-21-18(15)30-20/h3-5,8,11,13H,1,6-7,9-10,12H2,2H3,(H2,22,23,24,25,26). The number of likely N-dealkylation sites (tertiary alicyclic amines) is 1. The molecule has 1 aliphatic rings. The van der Waals surface area contributed by atoms with E-state index in [2.05, 4.69) is 37.1 Å². The SMILES string of the molecule is C=CC(=O)N1CCC(Nc2nc(COC)cc(Nc3nc4cccnc4s3)n2)CC1. The third-order valence-electron chi connectivity index (χ3n) is 4.79. The van der Waals surface area contributed by atoms with Gasteiger partial charge in [0.05, 0.1) is 12.3 Å². The van der Waals surface area contributed by atoms with Crippen LogP contribution in [0.15, 0.2) is 37.1 Å². The summed E-state index contributed by atoms with van der Waals surface area (Å²) >= 11 is 1.47. The van der Waals surface area contributed by atoms with Gasteiger partial charge in [-0.1, -0.05) is 17.9 Å². The molecule has 1 fully saturated rings. The Bertz CT molecular complexity index is 1010. The fourth-order valence-electron chi connectivity index (χ4n) is 3.34. The molecule has 0 spiro atoms. The van der Waals surface area contributed by atoms with Crippen LogP contribution < -0.4 is 10.6 Å². The Morgan fingerprint density at radius 1 is 1.37 bits per heavy atom. The summed E-state index contributed by atoms with van der Waals surface area (Å²) in [6, 6.07) is 5.83. The van der Waals surface area contributed by atoms with Crippen LogP contribution in [0.4, 0.5) is 16.9 Å². The van der Waals surface area contributed by atoms with Crippen molar-refractivity contribution in [1.29, 1.82) is 0 Å². The number of anilines is 3. The van der Waals surface area contributed by atoms with Crippen molar-refractivity contribution in [2.24, 2.45) is 0 Å². The lowest BCUT2D eigenvalue weighted by molar-refractivity contribution is -0.126. The normalized spacial score (nSPS) is 14.6. The number of carbonyl (C=O) groups excluding carboxylic acids is 1. The Balaban J connectivity index is 1.48. The van der Waals surface area contributed by atoms with Crippen molar-refractivity contribution in [3.05, 3.63) is 42.7 Å². The molecule has 4 heterocycles. The second-order valence-corrected chi connectivity index (χ2v) is 7.90. The van der Waals surface area contributed by atoms with Crippen LogP contribution in [0.1, 0.15) is 18.5 Å². The van der Waals surface area contributed by atoms with E-state index in [-0.39, 0.29) is 11.9 Å². The summed E-state index contributed by atoms with van der Waals surface area (Å²) in [5.74, 6) is 1.14. The zero-order chi connectivity index (χ0) is 20.9. The van der Waals surface area contributed by atoms with E-state index < -0.39 is 0 Å². The summed E-state index contributed by atoms with van der Waals surface area (Å²) < 4.78 is 5.26. The summed E-state index contributed by atoms with van der Waals surface area (Å²) in [6.07, 6.45) is 4.76. The molecule has 0 saturated carbocycles. The molecule has 9 nitrogen and oxygen atoms in total. The number of nitrogens with zero attached hydrogens (tertiary/aromatic N) is 5. The molecule has 0 unspecified atom stereocenters. The maximum absolute atomic E-state index is 11.8.